The largest absolute Gasteiger partial charge is 0.476 e. The lowest BCUT2D eigenvalue weighted by atomic mass is 9.98. The Morgan fingerprint density at radius 3 is 2.75 bits per heavy atom. The molecular formula is C19H23N3O2. The zero-order chi connectivity index (χ0) is 17.1. The van der Waals surface area contributed by atoms with Gasteiger partial charge in [-0.15, -0.1) is 0 Å². The molecule has 0 saturated carbocycles. The van der Waals surface area contributed by atoms with Gasteiger partial charge in [0.15, 0.2) is 5.69 Å². The number of carboxylic acid groups (broad SMARTS) is 1. The molecule has 0 amide bonds. The lowest BCUT2D eigenvalue weighted by molar-refractivity contribution is 0.0691. The highest BCUT2D eigenvalue weighted by Crippen LogP contribution is 2.26. The van der Waals surface area contributed by atoms with Crippen molar-refractivity contribution < 1.29 is 9.90 Å². The van der Waals surface area contributed by atoms with Crippen LogP contribution in [0.3, 0.4) is 0 Å². The average molecular weight is 325 g/mol. The molecule has 1 aromatic heterocycles. The number of hydrogen-bond acceptors (Lipinski definition) is 4. The summed E-state index contributed by atoms with van der Waals surface area (Å²) < 4.78 is 0. The lowest BCUT2D eigenvalue weighted by Gasteiger charge is -2.31. The van der Waals surface area contributed by atoms with Crippen LogP contribution in [0.15, 0.2) is 36.5 Å². The van der Waals surface area contributed by atoms with Gasteiger partial charge in [0.25, 0.3) is 0 Å². The van der Waals surface area contributed by atoms with Gasteiger partial charge in [-0.3, -0.25) is 4.90 Å². The monoisotopic (exact) mass is 325 g/mol. The van der Waals surface area contributed by atoms with Crippen LogP contribution in [0.1, 0.15) is 28.5 Å². The van der Waals surface area contributed by atoms with Crippen molar-refractivity contribution in [1.29, 1.82) is 0 Å². The van der Waals surface area contributed by atoms with E-state index < -0.39 is 5.97 Å². The SMILES string of the molecule is Cc1ccnc(C(=O)O)c1-c1ccc(CN2CCN[C@@H](C)C2)cc1. The van der Waals surface area contributed by atoms with Crippen molar-refractivity contribution in [1.82, 2.24) is 15.2 Å². The Balaban J connectivity index is 1.81. The number of hydrogen-bond donors (Lipinski definition) is 2. The molecule has 1 aromatic carbocycles. The van der Waals surface area contributed by atoms with Crippen LogP contribution in [0, 0.1) is 6.92 Å². The van der Waals surface area contributed by atoms with Crippen molar-refractivity contribution in [2.45, 2.75) is 26.4 Å². The van der Waals surface area contributed by atoms with Gasteiger partial charge in [0.05, 0.1) is 0 Å². The minimum atomic E-state index is -0.993. The average Bonchev–Trinajstić information content (AvgIpc) is 2.55. The number of aromatic nitrogens is 1. The van der Waals surface area contributed by atoms with Crippen LogP contribution in [0.5, 0.6) is 0 Å². The fourth-order valence-electron chi connectivity index (χ4n) is 3.28. The molecule has 5 heteroatoms. The molecule has 0 aliphatic carbocycles. The fourth-order valence-corrected chi connectivity index (χ4v) is 3.28. The predicted molar refractivity (Wildman–Crippen MR) is 94.1 cm³/mol. The molecule has 1 fully saturated rings. The maximum Gasteiger partial charge on any atom is 0.355 e. The Morgan fingerprint density at radius 1 is 1.33 bits per heavy atom. The normalized spacial score (nSPS) is 18.5. The quantitative estimate of drug-likeness (QED) is 0.904. The zero-order valence-corrected chi connectivity index (χ0v) is 14.1. The molecule has 2 N–H and O–H groups in total. The lowest BCUT2D eigenvalue weighted by Crippen LogP contribution is -2.48. The number of nitrogens with zero attached hydrogens (tertiary/aromatic N) is 2. The van der Waals surface area contributed by atoms with Gasteiger partial charge < -0.3 is 10.4 Å². The van der Waals surface area contributed by atoms with E-state index in [2.05, 4.69) is 34.3 Å². The second kappa shape index (κ2) is 7.11. The van der Waals surface area contributed by atoms with Gasteiger partial charge in [-0.2, -0.15) is 0 Å². The number of carbonyl (C=O) groups is 1. The van der Waals surface area contributed by atoms with Crippen molar-refractivity contribution in [3.63, 3.8) is 0 Å². The first kappa shape index (κ1) is 16.6. The maximum absolute atomic E-state index is 11.4. The van der Waals surface area contributed by atoms with Crippen LogP contribution in [0.2, 0.25) is 0 Å². The first-order chi connectivity index (χ1) is 11.5. The van der Waals surface area contributed by atoms with Crippen molar-refractivity contribution in [2.24, 2.45) is 0 Å². The minimum absolute atomic E-state index is 0.110. The summed E-state index contributed by atoms with van der Waals surface area (Å²) in [5.41, 5.74) is 3.87. The Hall–Kier alpha value is -2.24. The highest BCUT2D eigenvalue weighted by molar-refractivity contribution is 5.94. The topological polar surface area (TPSA) is 65.5 Å². The second-order valence-electron chi connectivity index (χ2n) is 6.44. The Kier molecular flexibility index (Phi) is 4.92. The van der Waals surface area contributed by atoms with Crippen LogP contribution >= 0.6 is 0 Å². The van der Waals surface area contributed by atoms with E-state index in [9.17, 15) is 9.90 Å². The molecule has 24 heavy (non-hydrogen) atoms. The molecule has 1 atom stereocenters. The number of aryl methyl sites for hydroxylation is 1. The molecule has 2 heterocycles. The third-order valence-corrected chi connectivity index (χ3v) is 4.46. The molecule has 126 valence electrons. The van der Waals surface area contributed by atoms with Gasteiger partial charge in [-0.1, -0.05) is 24.3 Å². The van der Waals surface area contributed by atoms with E-state index in [0.717, 1.165) is 37.3 Å². The summed E-state index contributed by atoms with van der Waals surface area (Å²) in [6, 6.07) is 10.5. The molecule has 1 aliphatic heterocycles. The van der Waals surface area contributed by atoms with E-state index >= 15 is 0 Å². The number of piperazine rings is 1. The summed E-state index contributed by atoms with van der Waals surface area (Å²) >= 11 is 0. The molecule has 1 saturated heterocycles. The van der Waals surface area contributed by atoms with E-state index in [0.29, 0.717) is 11.6 Å². The first-order valence-corrected chi connectivity index (χ1v) is 8.28. The molecule has 0 spiro atoms. The van der Waals surface area contributed by atoms with Gasteiger partial charge in [0.1, 0.15) is 0 Å². The molecule has 1 aliphatic rings. The Labute approximate surface area is 142 Å². The van der Waals surface area contributed by atoms with Gasteiger partial charge in [0.2, 0.25) is 0 Å². The molecule has 5 nitrogen and oxygen atoms in total. The number of carboxylic acids is 1. The Bertz CT molecular complexity index is 728. The van der Waals surface area contributed by atoms with Crippen LogP contribution in [0.4, 0.5) is 0 Å². The van der Waals surface area contributed by atoms with E-state index in [-0.39, 0.29) is 5.69 Å². The van der Waals surface area contributed by atoms with Crippen LogP contribution in [-0.4, -0.2) is 46.6 Å². The zero-order valence-electron chi connectivity index (χ0n) is 14.1. The molecule has 3 rings (SSSR count). The number of nitrogens with one attached hydrogen (secondary N) is 1. The smallest absolute Gasteiger partial charge is 0.355 e. The van der Waals surface area contributed by atoms with Crippen LogP contribution in [0.25, 0.3) is 11.1 Å². The molecule has 2 aromatic rings. The summed E-state index contributed by atoms with van der Waals surface area (Å²) in [6.45, 7) is 8.16. The summed E-state index contributed by atoms with van der Waals surface area (Å²) in [7, 11) is 0. The predicted octanol–water partition coefficient (Wildman–Crippen LogP) is 2.55. The molecule has 0 unspecified atom stereocenters. The summed E-state index contributed by atoms with van der Waals surface area (Å²) in [4.78, 5) is 17.9. The van der Waals surface area contributed by atoms with Gasteiger partial charge in [-0.25, -0.2) is 9.78 Å². The van der Waals surface area contributed by atoms with Gasteiger partial charge in [-0.05, 0) is 36.6 Å². The highest BCUT2D eigenvalue weighted by atomic mass is 16.4. The second-order valence-corrected chi connectivity index (χ2v) is 6.44. The fraction of sp³-hybridized carbons (Fsp3) is 0.368. The highest BCUT2D eigenvalue weighted by Gasteiger charge is 2.17. The van der Waals surface area contributed by atoms with Crippen LogP contribution < -0.4 is 5.32 Å². The maximum atomic E-state index is 11.4. The summed E-state index contributed by atoms with van der Waals surface area (Å²) in [5.74, 6) is -0.993. The summed E-state index contributed by atoms with van der Waals surface area (Å²) in [5, 5.41) is 12.8. The number of pyridine rings is 1. The first-order valence-electron chi connectivity index (χ1n) is 8.28. The van der Waals surface area contributed by atoms with E-state index in [1.165, 1.54) is 5.56 Å². The van der Waals surface area contributed by atoms with Gasteiger partial charge in [0, 0.05) is 44.0 Å². The summed E-state index contributed by atoms with van der Waals surface area (Å²) in [6.07, 6.45) is 1.54. The third kappa shape index (κ3) is 3.63. The van der Waals surface area contributed by atoms with Gasteiger partial charge >= 0.3 is 5.97 Å². The minimum Gasteiger partial charge on any atom is -0.476 e. The molecule has 0 radical (unpaired) electrons. The van der Waals surface area contributed by atoms with Crippen molar-refractivity contribution in [2.75, 3.05) is 19.6 Å². The van der Waals surface area contributed by atoms with E-state index in [1.807, 2.05) is 25.1 Å². The number of aromatic carboxylic acids is 1. The standard InChI is InChI=1S/C19H23N3O2/c1-13-7-8-21-18(19(23)24)17(13)16-5-3-15(4-6-16)12-22-10-9-20-14(2)11-22/h3-8,14,20H,9-12H2,1-2H3,(H,23,24)/t14-/m0/s1. The number of rotatable bonds is 4. The molecular weight excluding hydrogens is 302 g/mol. The van der Waals surface area contributed by atoms with E-state index in [1.54, 1.807) is 6.20 Å². The van der Waals surface area contributed by atoms with Crippen molar-refractivity contribution in [3.8, 4) is 11.1 Å². The van der Waals surface area contributed by atoms with E-state index in [4.69, 9.17) is 0 Å². The van der Waals surface area contributed by atoms with Crippen molar-refractivity contribution in [3.05, 3.63) is 53.3 Å². The third-order valence-electron chi connectivity index (χ3n) is 4.46. The molecule has 0 bridgehead atoms. The Morgan fingerprint density at radius 2 is 2.08 bits per heavy atom. The van der Waals surface area contributed by atoms with Crippen LogP contribution in [-0.2, 0) is 6.54 Å². The number of benzene rings is 1. The van der Waals surface area contributed by atoms with Crippen molar-refractivity contribution >= 4 is 5.97 Å².